The Morgan fingerprint density at radius 3 is 2.76 bits per heavy atom. The van der Waals surface area contributed by atoms with Crippen molar-refractivity contribution in [2.24, 2.45) is 0 Å². The predicted octanol–water partition coefficient (Wildman–Crippen LogP) is 3.98. The number of aromatic nitrogens is 2. The fourth-order valence-electron chi connectivity index (χ4n) is 1.29. The number of hydrogen-bond acceptors (Lipinski definition) is 3. The average molecular weight is 269 g/mol. The normalized spacial score (nSPS) is 10.5. The van der Waals surface area contributed by atoms with Crippen molar-refractivity contribution in [2.45, 2.75) is 23.3 Å². The van der Waals surface area contributed by atoms with E-state index in [-0.39, 0.29) is 5.82 Å². The van der Waals surface area contributed by atoms with Gasteiger partial charge in [-0.1, -0.05) is 42.4 Å². The lowest BCUT2D eigenvalue weighted by molar-refractivity contribution is 0.602. The predicted molar refractivity (Wildman–Crippen MR) is 66.9 cm³/mol. The van der Waals surface area contributed by atoms with E-state index in [1.165, 1.54) is 17.8 Å². The molecule has 0 aliphatic rings. The maximum absolute atomic E-state index is 13.5. The molecule has 2 rings (SSSR count). The SMILES string of the molecule is CCc1nc(Cl)cc(Sc2ccccc2F)n1. The van der Waals surface area contributed by atoms with E-state index in [0.717, 1.165) is 0 Å². The summed E-state index contributed by atoms with van der Waals surface area (Å²) in [4.78, 5) is 8.88. The maximum Gasteiger partial charge on any atom is 0.137 e. The van der Waals surface area contributed by atoms with Gasteiger partial charge in [-0.25, -0.2) is 14.4 Å². The van der Waals surface area contributed by atoms with Gasteiger partial charge in [0.25, 0.3) is 0 Å². The Morgan fingerprint density at radius 2 is 2.06 bits per heavy atom. The van der Waals surface area contributed by atoms with E-state index in [1.54, 1.807) is 24.3 Å². The molecule has 0 radical (unpaired) electrons. The first-order chi connectivity index (χ1) is 8.19. The lowest BCUT2D eigenvalue weighted by Gasteiger charge is -2.04. The third kappa shape index (κ3) is 3.17. The van der Waals surface area contributed by atoms with Crippen LogP contribution >= 0.6 is 23.4 Å². The van der Waals surface area contributed by atoms with Gasteiger partial charge in [0.15, 0.2) is 0 Å². The van der Waals surface area contributed by atoms with E-state index in [2.05, 4.69) is 9.97 Å². The van der Waals surface area contributed by atoms with Gasteiger partial charge in [-0.3, -0.25) is 0 Å². The van der Waals surface area contributed by atoms with Crippen LogP contribution in [0.3, 0.4) is 0 Å². The molecule has 0 spiro atoms. The van der Waals surface area contributed by atoms with Gasteiger partial charge in [-0.15, -0.1) is 0 Å². The summed E-state index contributed by atoms with van der Waals surface area (Å²) in [5, 5.41) is 1.04. The highest BCUT2D eigenvalue weighted by atomic mass is 35.5. The van der Waals surface area contributed by atoms with E-state index >= 15 is 0 Å². The molecule has 0 aliphatic heterocycles. The van der Waals surface area contributed by atoms with E-state index in [0.29, 0.717) is 27.3 Å². The van der Waals surface area contributed by atoms with Crippen molar-refractivity contribution in [3.63, 3.8) is 0 Å². The molecule has 2 aromatic rings. The molecule has 0 N–H and O–H groups in total. The van der Waals surface area contributed by atoms with Crippen LogP contribution in [0.15, 0.2) is 40.3 Å². The van der Waals surface area contributed by atoms with Crippen LogP contribution in [0.2, 0.25) is 5.15 Å². The minimum absolute atomic E-state index is 0.259. The lowest BCUT2D eigenvalue weighted by Crippen LogP contribution is -1.94. The quantitative estimate of drug-likeness (QED) is 0.788. The second kappa shape index (κ2) is 5.47. The number of nitrogens with zero attached hydrogens (tertiary/aromatic N) is 2. The van der Waals surface area contributed by atoms with Crippen LogP contribution in [0.4, 0.5) is 4.39 Å². The van der Waals surface area contributed by atoms with Gasteiger partial charge < -0.3 is 0 Å². The molecule has 88 valence electrons. The van der Waals surface area contributed by atoms with Crippen LogP contribution < -0.4 is 0 Å². The van der Waals surface area contributed by atoms with Gasteiger partial charge in [-0.05, 0) is 12.1 Å². The summed E-state index contributed by atoms with van der Waals surface area (Å²) in [5.74, 6) is 0.404. The van der Waals surface area contributed by atoms with Gasteiger partial charge in [0.2, 0.25) is 0 Å². The Bertz CT molecular complexity index is 534. The standard InChI is InChI=1S/C12H10ClFN2S/c1-2-11-15-10(13)7-12(16-11)17-9-6-4-3-5-8(9)14/h3-7H,2H2,1H3. The highest BCUT2D eigenvalue weighted by molar-refractivity contribution is 7.99. The van der Waals surface area contributed by atoms with Crippen molar-refractivity contribution >= 4 is 23.4 Å². The molecule has 0 saturated heterocycles. The molecule has 0 aliphatic carbocycles. The van der Waals surface area contributed by atoms with E-state index in [1.807, 2.05) is 6.92 Å². The molecule has 1 aromatic carbocycles. The van der Waals surface area contributed by atoms with Crippen molar-refractivity contribution in [3.05, 3.63) is 47.1 Å². The summed E-state index contributed by atoms with van der Waals surface area (Å²) >= 11 is 7.12. The monoisotopic (exact) mass is 268 g/mol. The Hall–Kier alpha value is -1.13. The molecule has 17 heavy (non-hydrogen) atoms. The van der Waals surface area contributed by atoms with E-state index in [4.69, 9.17) is 11.6 Å². The second-order valence-electron chi connectivity index (χ2n) is 3.33. The van der Waals surface area contributed by atoms with Gasteiger partial charge in [-0.2, -0.15) is 0 Å². The molecule has 0 unspecified atom stereocenters. The molecule has 0 saturated carbocycles. The molecule has 5 heteroatoms. The first kappa shape index (κ1) is 12.3. The highest BCUT2D eigenvalue weighted by Crippen LogP contribution is 2.29. The minimum Gasteiger partial charge on any atom is -0.226 e. The molecule has 0 atom stereocenters. The zero-order valence-electron chi connectivity index (χ0n) is 9.15. The second-order valence-corrected chi connectivity index (χ2v) is 4.78. The van der Waals surface area contributed by atoms with Crippen LogP contribution in [0, 0.1) is 5.82 Å². The Morgan fingerprint density at radius 1 is 1.29 bits per heavy atom. The molecule has 0 fully saturated rings. The summed E-state index contributed by atoms with van der Waals surface area (Å²) in [5.41, 5.74) is 0. The maximum atomic E-state index is 13.5. The fraction of sp³-hybridized carbons (Fsp3) is 0.167. The zero-order chi connectivity index (χ0) is 12.3. The van der Waals surface area contributed by atoms with Crippen molar-refractivity contribution < 1.29 is 4.39 Å². The summed E-state index contributed by atoms with van der Waals surface area (Å²) in [6.07, 6.45) is 0.700. The average Bonchev–Trinajstić information content (AvgIpc) is 2.31. The van der Waals surface area contributed by atoms with Gasteiger partial charge >= 0.3 is 0 Å². The zero-order valence-corrected chi connectivity index (χ0v) is 10.7. The lowest BCUT2D eigenvalue weighted by atomic mass is 10.3. The smallest absolute Gasteiger partial charge is 0.137 e. The summed E-state index contributed by atoms with van der Waals surface area (Å²) in [6.45, 7) is 1.95. The Labute approximate surface area is 108 Å². The number of halogens is 2. The van der Waals surface area contributed by atoms with Crippen molar-refractivity contribution in [3.8, 4) is 0 Å². The summed E-state index contributed by atoms with van der Waals surface area (Å²) < 4.78 is 13.5. The van der Waals surface area contributed by atoms with Gasteiger partial charge in [0, 0.05) is 17.4 Å². The van der Waals surface area contributed by atoms with Crippen LogP contribution in [0.1, 0.15) is 12.7 Å². The Kier molecular flexibility index (Phi) is 3.97. The molecule has 0 amide bonds. The Balaban J connectivity index is 2.30. The van der Waals surface area contributed by atoms with Crippen LogP contribution in [-0.4, -0.2) is 9.97 Å². The van der Waals surface area contributed by atoms with Gasteiger partial charge in [0.05, 0.1) is 0 Å². The van der Waals surface area contributed by atoms with Crippen molar-refractivity contribution in [2.75, 3.05) is 0 Å². The topological polar surface area (TPSA) is 25.8 Å². The van der Waals surface area contributed by atoms with Crippen LogP contribution in [0.25, 0.3) is 0 Å². The van der Waals surface area contributed by atoms with Crippen molar-refractivity contribution in [1.29, 1.82) is 0 Å². The van der Waals surface area contributed by atoms with E-state index in [9.17, 15) is 4.39 Å². The summed E-state index contributed by atoms with van der Waals surface area (Å²) in [7, 11) is 0. The van der Waals surface area contributed by atoms with E-state index < -0.39 is 0 Å². The summed E-state index contributed by atoms with van der Waals surface area (Å²) in [6, 6.07) is 8.21. The van der Waals surface area contributed by atoms with Crippen LogP contribution in [-0.2, 0) is 6.42 Å². The minimum atomic E-state index is -0.259. The molecule has 1 heterocycles. The molecule has 2 nitrogen and oxygen atoms in total. The molecule has 0 bridgehead atoms. The number of hydrogen-bond donors (Lipinski definition) is 0. The number of benzene rings is 1. The first-order valence-electron chi connectivity index (χ1n) is 5.15. The first-order valence-corrected chi connectivity index (χ1v) is 6.34. The molecular formula is C12H10ClFN2S. The third-order valence-electron chi connectivity index (χ3n) is 2.09. The third-order valence-corrected chi connectivity index (χ3v) is 3.25. The largest absolute Gasteiger partial charge is 0.226 e. The van der Waals surface area contributed by atoms with Crippen LogP contribution in [0.5, 0.6) is 0 Å². The number of aryl methyl sites for hydroxylation is 1. The van der Waals surface area contributed by atoms with Crippen molar-refractivity contribution in [1.82, 2.24) is 9.97 Å². The number of rotatable bonds is 3. The molecular weight excluding hydrogens is 259 g/mol. The molecule has 1 aromatic heterocycles. The van der Waals surface area contributed by atoms with Gasteiger partial charge in [0.1, 0.15) is 21.8 Å². The fourth-order valence-corrected chi connectivity index (χ4v) is 2.42. The highest BCUT2D eigenvalue weighted by Gasteiger charge is 2.07.